The smallest absolute Gasteiger partial charge is 0.410 e. The van der Waals surface area contributed by atoms with Crippen LogP contribution in [0.15, 0.2) is 12.1 Å². The van der Waals surface area contributed by atoms with Crippen LogP contribution in [0.2, 0.25) is 5.02 Å². The van der Waals surface area contributed by atoms with Crippen molar-refractivity contribution in [2.45, 2.75) is 51.7 Å². The number of anilines is 2. The van der Waals surface area contributed by atoms with E-state index in [1.165, 1.54) is 0 Å². The topological polar surface area (TPSA) is 76.8 Å². The first-order chi connectivity index (χ1) is 11.7. The van der Waals surface area contributed by atoms with Crippen molar-refractivity contribution in [3.8, 4) is 5.75 Å². The molecule has 0 aliphatic carbocycles. The van der Waals surface area contributed by atoms with Gasteiger partial charge >= 0.3 is 6.09 Å². The molecule has 6 nitrogen and oxygen atoms in total. The van der Waals surface area contributed by atoms with Gasteiger partial charge in [-0.2, -0.15) is 0 Å². The van der Waals surface area contributed by atoms with Gasteiger partial charge in [0.25, 0.3) is 0 Å². The second-order valence-corrected chi connectivity index (χ2v) is 7.69. The van der Waals surface area contributed by atoms with Gasteiger partial charge in [0.15, 0.2) is 0 Å². The van der Waals surface area contributed by atoms with Gasteiger partial charge in [0.05, 0.1) is 18.5 Å². The summed E-state index contributed by atoms with van der Waals surface area (Å²) in [4.78, 5) is 14.2. The Morgan fingerprint density at radius 1 is 1.36 bits per heavy atom. The number of carbonyl (C=O) groups excluding carboxylic acids is 1. The first kappa shape index (κ1) is 19.5. The number of benzene rings is 1. The first-order valence-electron chi connectivity index (χ1n) is 8.57. The number of carbonyl (C=O) groups is 1. The van der Waals surface area contributed by atoms with Crippen molar-refractivity contribution in [1.82, 2.24) is 4.90 Å². The van der Waals surface area contributed by atoms with Crippen molar-refractivity contribution in [2.75, 3.05) is 31.2 Å². The number of ether oxygens (including phenoxy) is 2. The van der Waals surface area contributed by atoms with Gasteiger partial charge in [-0.3, -0.25) is 0 Å². The lowest BCUT2D eigenvalue weighted by molar-refractivity contribution is 0.0252. The van der Waals surface area contributed by atoms with Crippen molar-refractivity contribution in [3.05, 3.63) is 17.2 Å². The van der Waals surface area contributed by atoms with E-state index in [1.807, 2.05) is 20.8 Å². The van der Waals surface area contributed by atoms with Crippen LogP contribution in [0.25, 0.3) is 0 Å². The molecule has 1 amide bonds. The maximum absolute atomic E-state index is 12.4. The highest BCUT2D eigenvalue weighted by Crippen LogP contribution is 2.37. The number of halogens is 1. The molecule has 140 valence electrons. The fraction of sp³-hybridized carbons (Fsp3) is 0.611. The summed E-state index contributed by atoms with van der Waals surface area (Å²) in [6.45, 7) is 6.84. The molecule has 1 atom stereocenters. The Hall–Kier alpha value is -1.82. The Labute approximate surface area is 154 Å². The molecule has 0 radical (unpaired) electrons. The predicted octanol–water partition coefficient (Wildman–Crippen LogP) is 4.13. The Morgan fingerprint density at radius 3 is 2.72 bits per heavy atom. The fourth-order valence-corrected chi connectivity index (χ4v) is 3.14. The molecule has 0 saturated carbocycles. The van der Waals surface area contributed by atoms with Crippen molar-refractivity contribution >= 4 is 29.1 Å². The molecule has 1 aliphatic rings. The van der Waals surface area contributed by atoms with E-state index < -0.39 is 5.60 Å². The van der Waals surface area contributed by atoms with E-state index in [1.54, 1.807) is 24.1 Å². The van der Waals surface area contributed by atoms with Gasteiger partial charge in [-0.05, 0) is 52.2 Å². The number of nitrogen functional groups attached to an aromatic ring is 1. The monoisotopic (exact) mass is 369 g/mol. The third-order valence-electron chi connectivity index (χ3n) is 4.03. The average molecular weight is 370 g/mol. The number of rotatable bonds is 3. The maximum atomic E-state index is 12.4. The highest BCUT2D eigenvalue weighted by molar-refractivity contribution is 6.35. The zero-order valence-electron chi connectivity index (χ0n) is 15.4. The normalized spacial score (nSPS) is 18.4. The molecule has 0 spiro atoms. The van der Waals surface area contributed by atoms with Crippen LogP contribution in [-0.2, 0) is 4.74 Å². The van der Waals surface area contributed by atoms with Crippen LogP contribution < -0.4 is 15.8 Å². The molecule has 0 bridgehead atoms. The molecule has 0 aromatic heterocycles. The Bertz CT molecular complexity index is 616. The molecule has 1 saturated heterocycles. The SMILES string of the molecule is COc1ccc(N)c(NC2CCCCN(C(=O)OC(C)(C)C)C2)c1Cl. The molecular weight excluding hydrogens is 342 g/mol. The lowest BCUT2D eigenvalue weighted by Crippen LogP contribution is -2.42. The minimum absolute atomic E-state index is 0.0434. The predicted molar refractivity (Wildman–Crippen MR) is 101 cm³/mol. The van der Waals surface area contributed by atoms with Crippen molar-refractivity contribution < 1.29 is 14.3 Å². The number of nitrogens with one attached hydrogen (secondary N) is 1. The number of likely N-dealkylation sites (tertiary alicyclic amines) is 1. The van der Waals surface area contributed by atoms with Crippen LogP contribution in [0.1, 0.15) is 40.0 Å². The van der Waals surface area contributed by atoms with Gasteiger partial charge in [0, 0.05) is 19.1 Å². The van der Waals surface area contributed by atoms with Crippen LogP contribution >= 0.6 is 11.6 Å². The number of nitrogens with zero attached hydrogens (tertiary/aromatic N) is 1. The van der Waals surface area contributed by atoms with E-state index in [-0.39, 0.29) is 12.1 Å². The van der Waals surface area contributed by atoms with Gasteiger partial charge < -0.3 is 25.4 Å². The molecule has 1 aromatic rings. The summed E-state index contributed by atoms with van der Waals surface area (Å²) in [5.41, 5.74) is 6.77. The van der Waals surface area contributed by atoms with Crippen molar-refractivity contribution in [1.29, 1.82) is 0 Å². The molecule has 2 rings (SSSR count). The third-order valence-corrected chi connectivity index (χ3v) is 4.41. The minimum Gasteiger partial charge on any atom is -0.495 e. The van der Waals surface area contributed by atoms with Gasteiger partial charge in [-0.1, -0.05) is 11.6 Å². The van der Waals surface area contributed by atoms with Crippen LogP contribution in [0, 0.1) is 0 Å². The number of hydrogen-bond acceptors (Lipinski definition) is 5. The molecule has 7 heteroatoms. The zero-order chi connectivity index (χ0) is 18.6. The maximum Gasteiger partial charge on any atom is 0.410 e. The van der Waals surface area contributed by atoms with Crippen LogP contribution in [0.5, 0.6) is 5.75 Å². The van der Waals surface area contributed by atoms with E-state index in [4.69, 9.17) is 26.8 Å². The molecule has 1 heterocycles. The minimum atomic E-state index is -0.507. The lowest BCUT2D eigenvalue weighted by Gasteiger charge is -2.29. The van der Waals surface area contributed by atoms with Gasteiger partial charge in [0.1, 0.15) is 16.4 Å². The van der Waals surface area contributed by atoms with Gasteiger partial charge in [0.2, 0.25) is 0 Å². The Morgan fingerprint density at radius 2 is 2.08 bits per heavy atom. The van der Waals surface area contributed by atoms with E-state index in [0.717, 1.165) is 19.3 Å². The van der Waals surface area contributed by atoms with E-state index >= 15 is 0 Å². The number of nitrogens with two attached hydrogens (primary N) is 1. The lowest BCUT2D eigenvalue weighted by atomic mass is 10.1. The van der Waals surface area contributed by atoms with Crippen molar-refractivity contribution in [2.24, 2.45) is 0 Å². The Kier molecular flexibility index (Phi) is 6.27. The second kappa shape index (κ2) is 8.04. The van der Waals surface area contributed by atoms with E-state index in [0.29, 0.717) is 35.2 Å². The molecule has 1 fully saturated rings. The molecular formula is C18H28ClN3O3. The summed E-state index contributed by atoms with van der Waals surface area (Å²) in [6.07, 6.45) is 2.59. The summed E-state index contributed by atoms with van der Waals surface area (Å²) < 4.78 is 10.8. The van der Waals surface area contributed by atoms with Gasteiger partial charge in [-0.15, -0.1) is 0 Å². The molecule has 1 aliphatic heterocycles. The Balaban J connectivity index is 2.13. The van der Waals surface area contributed by atoms with Crippen LogP contribution in [0.3, 0.4) is 0 Å². The van der Waals surface area contributed by atoms with Crippen molar-refractivity contribution in [3.63, 3.8) is 0 Å². The number of amides is 1. The van der Waals surface area contributed by atoms with Crippen LogP contribution in [0.4, 0.5) is 16.2 Å². The largest absolute Gasteiger partial charge is 0.495 e. The highest BCUT2D eigenvalue weighted by Gasteiger charge is 2.27. The second-order valence-electron chi connectivity index (χ2n) is 7.31. The van der Waals surface area contributed by atoms with E-state index in [2.05, 4.69) is 5.32 Å². The number of hydrogen-bond donors (Lipinski definition) is 2. The average Bonchev–Trinajstić information content (AvgIpc) is 2.75. The summed E-state index contributed by atoms with van der Waals surface area (Å²) in [7, 11) is 1.57. The van der Waals surface area contributed by atoms with E-state index in [9.17, 15) is 4.79 Å². The quantitative estimate of drug-likeness (QED) is 0.783. The van der Waals surface area contributed by atoms with Gasteiger partial charge in [-0.25, -0.2) is 4.79 Å². The summed E-state index contributed by atoms with van der Waals surface area (Å²) >= 11 is 6.39. The summed E-state index contributed by atoms with van der Waals surface area (Å²) in [5.74, 6) is 0.566. The molecule has 25 heavy (non-hydrogen) atoms. The molecule has 1 aromatic carbocycles. The van der Waals surface area contributed by atoms with Crippen LogP contribution in [-0.4, -0.2) is 42.8 Å². The fourth-order valence-electron chi connectivity index (χ4n) is 2.83. The highest BCUT2D eigenvalue weighted by atomic mass is 35.5. The molecule has 1 unspecified atom stereocenters. The first-order valence-corrected chi connectivity index (χ1v) is 8.95. The zero-order valence-corrected chi connectivity index (χ0v) is 16.2. The summed E-state index contributed by atoms with van der Waals surface area (Å²) in [6, 6.07) is 3.54. The standard InChI is InChI=1S/C18H28ClN3O3/c1-18(2,3)25-17(23)22-10-6-5-7-12(11-22)21-16-13(20)8-9-14(24-4)15(16)19/h8-9,12,21H,5-7,10-11,20H2,1-4H3. The summed E-state index contributed by atoms with van der Waals surface area (Å²) in [5, 5.41) is 3.85. The number of methoxy groups -OCH3 is 1. The third kappa shape index (κ3) is 5.33. The molecule has 3 N–H and O–H groups in total.